The van der Waals surface area contributed by atoms with Crippen LogP contribution in [0, 0.1) is 0 Å². The molecule has 0 aromatic heterocycles. The third kappa shape index (κ3) is 4.27. The predicted octanol–water partition coefficient (Wildman–Crippen LogP) is 5.70. The third-order valence-electron chi connectivity index (χ3n) is 4.43. The van der Waals surface area contributed by atoms with Crippen LogP contribution in [0.5, 0.6) is 0 Å². The van der Waals surface area contributed by atoms with Crippen LogP contribution in [-0.4, -0.2) is 0 Å². The molecule has 0 aliphatic rings. The van der Waals surface area contributed by atoms with Gasteiger partial charge in [-0.1, -0.05) is 73.5 Å². The van der Waals surface area contributed by atoms with Gasteiger partial charge < -0.3 is 0 Å². The molecular weight excluding hydrogens is 361 g/mol. The average molecular weight is 384 g/mol. The SMILES string of the molecule is CCCC(NP(=O)(c1ccccc1)c1ccccc1)c1ccc(Cl)cc1. The Balaban J connectivity index is 2.04. The zero-order chi connectivity index (χ0) is 18.4. The first-order chi connectivity index (χ1) is 12.6. The minimum Gasteiger partial charge on any atom is -0.297 e. The Bertz CT molecular complexity index is 822. The molecule has 0 saturated heterocycles. The lowest BCUT2D eigenvalue weighted by Gasteiger charge is -2.27. The molecule has 0 amide bonds. The lowest BCUT2D eigenvalue weighted by Crippen LogP contribution is -2.30. The zero-order valence-corrected chi connectivity index (χ0v) is 16.5. The first-order valence-electron chi connectivity index (χ1n) is 8.88. The molecule has 1 atom stereocenters. The van der Waals surface area contributed by atoms with E-state index in [0.29, 0.717) is 5.02 Å². The molecule has 0 radical (unpaired) electrons. The normalized spacial score (nSPS) is 12.7. The van der Waals surface area contributed by atoms with Crippen molar-refractivity contribution in [1.82, 2.24) is 5.09 Å². The standard InChI is InChI=1S/C22H23ClNOP/c1-2-9-22(18-14-16-19(23)17-15-18)24-26(25,20-10-5-3-6-11-20)21-12-7-4-8-13-21/h3-8,10-17,22H,2,9H2,1H3,(H,24,25). The minimum atomic E-state index is -2.97. The van der Waals surface area contributed by atoms with Crippen molar-refractivity contribution >= 4 is 29.5 Å². The van der Waals surface area contributed by atoms with Gasteiger partial charge in [-0.2, -0.15) is 0 Å². The lowest BCUT2D eigenvalue weighted by atomic mass is 10.0. The average Bonchev–Trinajstić information content (AvgIpc) is 2.69. The number of hydrogen-bond donors (Lipinski definition) is 1. The summed E-state index contributed by atoms with van der Waals surface area (Å²) in [5.41, 5.74) is 1.10. The van der Waals surface area contributed by atoms with Gasteiger partial charge in [0, 0.05) is 21.7 Å². The molecule has 0 aliphatic carbocycles. The van der Waals surface area contributed by atoms with Crippen LogP contribution in [0.4, 0.5) is 0 Å². The van der Waals surface area contributed by atoms with Gasteiger partial charge in [-0.3, -0.25) is 9.65 Å². The lowest BCUT2D eigenvalue weighted by molar-refractivity contribution is 0.543. The van der Waals surface area contributed by atoms with E-state index in [4.69, 9.17) is 11.6 Å². The summed E-state index contributed by atoms with van der Waals surface area (Å²) in [6.07, 6.45) is 1.88. The number of rotatable bonds is 7. The van der Waals surface area contributed by atoms with Crippen LogP contribution in [-0.2, 0) is 4.57 Å². The first kappa shape index (κ1) is 18.9. The molecule has 3 aromatic carbocycles. The largest absolute Gasteiger partial charge is 0.297 e. The van der Waals surface area contributed by atoms with Gasteiger partial charge in [-0.25, -0.2) is 0 Å². The van der Waals surface area contributed by atoms with Crippen molar-refractivity contribution in [1.29, 1.82) is 0 Å². The summed E-state index contributed by atoms with van der Waals surface area (Å²) in [4.78, 5) is 0. The van der Waals surface area contributed by atoms with Crippen molar-refractivity contribution in [3.05, 3.63) is 95.5 Å². The molecule has 26 heavy (non-hydrogen) atoms. The van der Waals surface area contributed by atoms with Crippen molar-refractivity contribution in [2.24, 2.45) is 0 Å². The van der Waals surface area contributed by atoms with Crippen LogP contribution < -0.4 is 15.7 Å². The number of hydrogen-bond acceptors (Lipinski definition) is 1. The monoisotopic (exact) mass is 383 g/mol. The molecule has 0 spiro atoms. The highest BCUT2D eigenvalue weighted by atomic mass is 35.5. The van der Waals surface area contributed by atoms with Gasteiger partial charge in [-0.05, 0) is 48.4 Å². The van der Waals surface area contributed by atoms with Gasteiger partial charge in [-0.15, -0.1) is 0 Å². The molecule has 0 saturated carbocycles. The molecule has 0 heterocycles. The van der Waals surface area contributed by atoms with E-state index >= 15 is 0 Å². The summed E-state index contributed by atoms with van der Waals surface area (Å²) in [5, 5.41) is 5.86. The van der Waals surface area contributed by atoms with E-state index in [1.54, 1.807) is 0 Å². The summed E-state index contributed by atoms with van der Waals surface area (Å²) in [5.74, 6) is 0. The van der Waals surface area contributed by atoms with E-state index < -0.39 is 7.29 Å². The van der Waals surface area contributed by atoms with Crippen LogP contribution in [0.1, 0.15) is 31.4 Å². The Morgan fingerprint density at radius 2 is 1.35 bits per heavy atom. The molecule has 0 aliphatic heterocycles. The first-order valence-corrected chi connectivity index (χ1v) is 11.0. The minimum absolute atomic E-state index is 0.0106. The van der Waals surface area contributed by atoms with E-state index in [0.717, 1.165) is 29.0 Å². The van der Waals surface area contributed by atoms with Crippen LogP contribution in [0.2, 0.25) is 5.02 Å². The molecule has 3 aromatic rings. The second kappa shape index (κ2) is 8.68. The Kier molecular flexibility index (Phi) is 6.32. The second-order valence-electron chi connectivity index (χ2n) is 6.30. The Hall–Kier alpha value is -1.86. The highest BCUT2D eigenvalue weighted by Crippen LogP contribution is 2.42. The topological polar surface area (TPSA) is 29.1 Å². The second-order valence-corrected chi connectivity index (χ2v) is 9.25. The molecule has 3 rings (SSSR count). The Morgan fingerprint density at radius 3 is 1.81 bits per heavy atom. The fourth-order valence-electron chi connectivity index (χ4n) is 3.08. The van der Waals surface area contributed by atoms with Crippen molar-refractivity contribution < 1.29 is 4.57 Å². The Labute approximate surface area is 160 Å². The van der Waals surface area contributed by atoms with Gasteiger partial charge in [0.25, 0.3) is 0 Å². The van der Waals surface area contributed by atoms with Gasteiger partial charge >= 0.3 is 0 Å². The van der Waals surface area contributed by atoms with Crippen LogP contribution in [0.25, 0.3) is 0 Å². The smallest absolute Gasteiger partial charge is 0.205 e. The molecule has 0 fully saturated rings. The van der Waals surface area contributed by atoms with E-state index in [1.165, 1.54) is 0 Å². The zero-order valence-electron chi connectivity index (χ0n) is 14.8. The molecule has 4 heteroatoms. The maximum Gasteiger partial charge on any atom is 0.205 e. The van der Waals surface area contributed by atoms with Gasteiger partial charge in [0.2, 0.25) is 7.29 Å². The van der Waals surface area contributed by atoms with Crippen LogP contribution in [0.15, 0.2) is 84.9 Å². The van der Waals surface area contributed by atoms with E-state index in [2.05, 4.69) is 12.0 Å². The van der Waals surface area contributed by atoms with Gasteiger partial charge in [0.1, 0.15) is 0 Å². The van der Waals surface area contributed by atoms with Crippen molar-refractivity contribution in [3.63, 3.8) is 0 Å². The van der Waals surface area contributed by atoms with Crippen LogP contribution >= 0.6 is 18.9 Å². The maximum absolute atomic E-state index is 14.2. The van der Waals surface area contributed by atoms with Gasteiger partial charge in [0.05, 0.1) is 0 Å². The summed E-state index contributed by atoms with van der Waals surface area (Å²) >= 11 is 6.04. The number of benzene rings is 3. The van der Waals surface area contributed by atoms with E-state index in [-0.39, 0.29) is 6.04 Å². The fourth-order valence-corrected chi connectivity index (χ4v) is 5.71. The summed E-state index contributed by atoms with van der Waals surface area (Å²) in [6, 6.07) is 27.2. The summed E-state index contributed by atoms with van der Waals surface area (Å²) < 4.78 is 14.2. The Morgan fingerprint density at radius 1 is 0.846 bits per heavy atom. The molecule has 0 bridgehead atoms. The van der Waals surface area contributed by atoms with Gasteiger partial charge in [0.15, 0.2) is 0 Å². The maximum atomic E-state index is 14.2. The highest BCUT2D eigenvalue weighted by Gasteiger charge is 2.30. The molecule has 134 valence electrons. The van der Waals surface area contributed by atoms with E-state index in [1.807, 2.05) is 84.9 Å². The summed E-state index contributed by atoms with van der Waals surface area (Å²) in [6.45, 7) is 2.14. The van der Waals surface area contributed by atoms with Crippen molar-refractivity contribution in [3.8, 4) is 0 Å². The number of nitrogens with one attached hydrogen (secondary N) is 1. The number of halogens is 1. The quantitative estimate of drug-likeness (QED) is 0.530. The molecule has 1 unspecified atom stereocenters. The third-order valence-corrected chi connectivity index (χ3v) is 7.40. The molecule has 1 N–H and O–H groups in total. The molecular formula is C22H23ClNOP. The van der Waals surface area contributed by atoms with Crippen LogP contribution in [0.3, 0.4) is 0 Å². The van der Waals surface area contributed by atoms with Crippen molar-refractivity contribution in [2.75, 3.05) is 0 Å². The van der Waals surface area contributed by atoms with Crippen molar-refractivity contribution in [2.45, 2.75) is 25.8 Å². The highest BCUT2D eigenvalue weighted by molar-refractivity contribution is 7.76. The fraction of sp³-hybridized carbons (Fsp3) is 0.182. The van der Waals surface area contributed by atoms with E-state index in [9.17, 15) is 4.57 Å². The predicted molar refractivity (Wildman–Crippen MR) is 112 cm³/mol. The summed E-state index contributed by atoms with van der Waals surface area (Å²) in [7, 11) is -2.97. The molecule has 2 nitrogen and oxygen atoms in total.